The number of hydrogen-bond donors (Lipinski definition) is 2. The van der Waals surface area contributed by atoms with Gasteiger partial charge in [-0.15, -0.1) is 0 Å². The fraction of sp³-hybridized carbons (Fsp3) is 0.324. The zero-order valence-corrected chi connectivity index (χ0v) is 25.3. The fourth-order valence-corrected chi connectivity index (χ4v) is 6.18. The molecule has 2 N–H and O–H groups in total. The summed E-state index contributed by atoms with van der Waals surface area (Å²) in [5.41, 5.74) is 8.17. The fourth-order valence-electron chi connectivity index (χ4n) is 6.18. The number of halogens is 1. The Hall–Kier alpha value is -4.54. The molecule has 10 heteroatoms. The Kier molecular flexibility index (Phi) is 7.61. The number of hydrogen-bond acceptors (Lipinski definition) is 7. The number of pyridine rings is 3. The van der Waals surface area contributed by atoms with E-state index >= 15 is 0 Å². The van der Waals surface area contributed by atoms with Crippen LogP contribution in [-0.2, 0) is 6.54 Å². The van der Waals surface area contributed by atoms with Gasteiger partial charge in [0, 0.05) is 41.6 Å². The first-order valence-corrected chi connectivity index (χ1v) is 15.2. The molecule has 0 aliphatic carbocycles. The summed E-state index contributed by atoms with van der Waals surface area (Å²) in [6, 6.07) is 11.3. The lowest BCUT2D eigenvalue weighted by molar-refractivity contribution is 0.324. The molecule has 224 valence electrons. The number of nitrogens with one attached hydrogen (secondary N) is 2. The van der Waals surface area contributed by atoms with E-state index in [0.29, 0.717) is 22.7 Å². The van der Waals surface area contributed by atoms with Crippen LogP contribution in [0.5, 0.6) is 0 Å². The van der Waals surface area contributed by atoms with Gasteiger partial charge in [-0.05, 0) is 106 Å². The predicted octanol–water partition coefficient (Wildman–Crippen LogP) is 6.42. The molecule has 0 radical (unpaired) electrons. The molecule has 1 unspecified atom stereocenters. The Morgan fingerprint density at radius 3 is 2.66 bits per heavy atom. The van der Waals surface area contributed by atoms with Crippen LogP contribution in [0.4, 0.5) is 4.39 Å². The molecule has 1 saturated heterocycles. The van der Waals surface area contributed by atoms with Crippen LogP contribution in [0.2, 0.25) is 0 Å². The molecule has 1 aliphatic rings. The minimum absolute atomic E-state index is 0.232. The molecule has 1 fully saturated rings. The summed E-state index contributed by atoms with van der Waals surface area (Å²) in [6.45, 7) is 6.34. The highest BCUT2D eigenvalue weighted by molar-refractivity contribution is 5.96. The van der Waals surface area contributed by atoms with Crippen molar-refractivity contribution in [1.29, 1.82) is 0 Å². The summed E-state index contributed by atoms with van der Waals surface area (Å²) in [5, 5.41) is 8.57. The van der Waals surface area contributed by atoms with Gasteiger partial charge < -0.3 is 14.8 Å². The number of imidazole rings is 1. The van der Waals surface area contributed by atoms with Crippen LogP contribution in [0, 0.1) is 5.82 Å². The zero-order chi connectivity index (χ0) is 30.2. The molecule has 6 aromatic rings. The SMILES string of the molecule is CC(CCN1CCCC1)c1cc(F)cc(-c2nccc3[nH]c(-c4n[nH]c5cnc(-c6cncc(CN(C)C)c6)cc45)nc23)c1. The minimum atomic E-state index is -0.262. The van der Waals surface area contributed by atoms with E-state index in [2.05, 4.69) is 59.0 Å². The third-order valence-corrected chi connectivity index (χ3v) is 8.50. The van der Waals surface area contributed by atoms with Crippen molar-refractivity contribution >= 4 is 21.9 Å². The van der Waals surface area contributed by atoms with E-state index in [0.717, 1.165) is 63.9 Å². The lowest BCUT2D eigenvalue weighted by atomic mass is 9.94. The van der Waals surface area contributed by atoms with Gasteiger partial charge in [0.05, 0.1) is 28.6 Å². The van der Waals surface area contributed by atoms with Crippen LogP contribution < -0.4 is 0 Å². The van der Waals surface area contributed by atoms with Gasteiger partial charge >= 0.3 is 0 Å². The van der Waals surface area contributed by atoms with Crippen LogP contribution in [0.25, 0.3) is 56.0 Å². The molecular weight excluding hydrogens is 553 g/mol. The molecule has 0 spiro atoms. The van der Waals surface area contributed by atoms with E-state index in [1.807, 2.05) is 38.6 Å². The van der Waals surface area contributed by atoms with Gasteiger partial charge in [0.2, 0.25) is 0 Å². The smallest absolute Gasteiger partial charge is 0.159 e. The first kappa shape index (κ1) is 28.2. The van der Waals surface area contributed by atoms with Gasteiger partial charge in [-0.2, -0.15) is 5.10 Å². The van der Waals surface area contributed by atoms with Crippen molar-refractivity contribution in [2.75, 3.05) is 33.7 Å². The maximum Gasteiger partial charge on any atom is 0.159 e. The van der Waals surface area contributed by atoms with Crippen LogP contribution in [0.3, 0.4) is 0 Å². The summed E-state index contributed by atoms with van der Waals surface area (Å²) in [6.07, 6.45) is 10.8. The molecule has 0 amide bonds. The van der Waals surface area contributed by atoms with Crippen molar-refractivity contribution < 1.29 is 4.39 Å². The van der Waals surface area contributed by atoms with E-state index in [9.17, 15) is 4.39 Å². The third-order valence-electron chi connectivity index (χ3n) is 8.50. The van der Waals surface area contributed by atoms with E-state index in [1.54, 1.807) is 24.5 Å². The Morgan fingerprint density at radius 1 is 0.955 bits per heavy atom. The first-order valence-electron chi connectivity index (χ1n) is 15.2. The van der Waals surface area contributed by atoms with E-state index in [1.165, 1.54) is 25.9 Å². The van der Waals surface area contributed by atoms with E-state index in [4.69, 9.17) is 4.98 Å². The summed E-state index contributed by atoms with van der Waals surface area (Å²) < 4.78 is 15.0. The molecule has 1 atom stereocenters. The van der Waals surface area contributed by atoms with Crippen molar-refractivity contribution in [2.24, 2.45) is 0 Å². The Labute approximate surface area is 255 Å². The summed E-state index contributed by atoms with van der Waals surface area (Å²) >= 11 is 0. The highest BCUT2D eigenvalue weighted by Crippen LogP contribution is 2.33. The number of likely N-dealkylation sites (tertiary alicyclic amines) is 1. The molecule has 1 aromatic carbocycles. The summed E-state index contributed by atoms with van der Waals surface area (Å²) in [5.74, 6) is 0.575. The molecule has 0 bridgehead atoms. The van der Waals surface area contributed by atoms with Gasteiger partial charge in [-0.1, -0.05) is 6.92 Å². The number of benzene rings is 1. The van der Waals surface area contributed by atoms with Crippen LogP contribution in [-0.4, -0.2) is 78.6 Å². The molecule has 7 rings (SSSR count). The minimum Gasteiger partial charge on any atom is -0.336 e. The quantitative estimate of drug-likeness (QED) is 0.201. The summed E-state index contributed by atoms with van der Waals surface area (Å²) in [4.78, 5) is 26.7. The largest absolute Gasteiger partial charge is 0.336 e. The molecule has 1 aliphatic heterocycles. The standard InChI is InChI=1S/C34H36FN9/c1-21(7-11-44-9-4-5-10-44)23-13-24(15-26(35)14-23)31-33-28(6-8-37-31)39-34(40-33)32-27-16-29(38-19-30(27)41-42-32)25-12-22(17-36-18-25)20-43(2)3/h6,8,12-19,21H,4-5,7,9-11,20H2,1-3H3,(H,39,40)(H,41,42). The maximum atomic E-state index is 15.0. The lowest BCUT2D eigenvalue weighted by Gasteiger charge is -2.19. The van der Waals surface area contributed by atoms with E-state index in [-0.39, 0.29) is 11.7 Å². The normalized spacial score (nSPS) is 14.8. The Balaban J connectivity index is 1.22. The average Bonchev–Trinajstić information content (AvgIpc) is 3.78. The van der Waals surface area contributed by atoms with Gasteiger partial charge in [-0.3, -0.25) is 20.1 Å². The monoisotopic (exact) mass is 589 g/mol. The highest BCUT2D eigenvalue weighted by Gasteiger charge is 2.19. The van der Waals surface area contributed by atoms with Crippen LogP contribution in [0.1, 0.15) is 43.2 Å². The molecule has 44 heavy (non-hydrogen) atoms. The van der Waals surface area contributed by atoms with Gasteiger partial charge in [-0.25, -0.2) is 9.37 Å². The van der Waals surface area contributed by atoms with Crippen molar-refractivity contribution in [2.45, 2.75) is 38.6 Å². The maximum absolute atomic E-state index is 15.0. The van der Waals surface area contributed by atoms with Gasteiger partial charge in [0.15, 0.2) is 5.82 Å². The topological polar surface area (TPSA) is 103 Å². The van der Waals surface area contributed by atoms with Crippen LogP contribution in [0.15, 0.2) is 61.2 Å². The zero-order valence-electron chi connectivity index (χ0n) is 25.3. The lowest BCUT2D eigenvalue weighted by Crippen LogP contribution is -2.21. The van der Waals surface area contributed by atoms with Crippen molar-refractivity contribution in [3.8, 4) is 34.0 Å². The number of H-pyrrole nitrogens is 2. The number of fused-ring (bicyclic) bond motifs is 2. The molecule has 9 nitrogen and oxygen atoms in total. The second kappa shape index (κ2) is 11.9. The van der Waals surface area contributed by atoms with Crippen LogP contribution >= 0.6 is 0 Å². The number of rotatable bonds is 9. The van der Waals surface area contributed by atoms with Crippen molar-refractivity contribution in [3.05, 3.63) is 78.1 Å². The molecule has 6 heterocycles. The number of aromatic amines is 2. The Bertz CT molecular complexity index is 1940. The van der Waals surface area contributed by atoms with Crippen molar-refractivity contribution in [3.63, 3.8) is 0 Å². The Morgan fingerprint density at radius 2 is 1.82 bits per heavy atom. The molecular formula is C34H36FN9. The van der Waals surface area contributed by atoms with E-state index < -0.39 is 0 Å². The van der Waals surface area contributed by atoms with Crippen molar-refractivity contribution in [1.82, 2.24) is 44.9 Å². The molecule has 5 aromatic heterocycles. The number of aromatic nitrogens is 7. The van der Waals surface area contributed by atoms with Gasteiger partial charge in [0.1, 0.15) is 17.0 Å². The second-order valence-corrected chi connectivity index (χ2v) is 12.2. The van der Waals surface area contributed by atoms with Gasteiger partial charge in [0.25, 0.3) is 0 Å². The second-order valence-electron chi connectivity index (χ2n) is 12.2. The predicted molar refractivity (Wildman–Crippen MR) is 171 cm³/mol. The average molecular weight is 590 g/mol. The molecule has 0 saturated carbocycles. The summed E-state index contributed by atoms with van der Waals surface area (Å²) in [7, 11) is 4.07. The highest BCUT2D eigenvalue weighted by atomic mass is 19.1. The first-order chi connectivity index (χ1) is 21.4. The third kappa shape index (κ3) is 5.70. The number of nitrogens with zero attached hydrogens (tertiary/aromatic N) is 7.